The molecule has 0 aliphatic carbocycles. The van der Waals surface area contributed by atoms with Gasteiger partial charge in [-0.2, -0.15) is 5.10 Å². The minimum absolute atomic E-state index is 0.115. The zero-order valence-corrected chi connectivity index (χ0v) is 10.6. The maximum atomic E-state index is 11.9. The summed E-state index contributed by atoms with van der Waals surface area (Å²) in [6.07, 6.45) is 2.37. The summed E-state index contributed by atoms with van der Waals surface area (Å²) >= 11 is 1.65. The van der Waals surface area contributed by atoms with Crippen molar-refractivity contribution >= 4 is 23.1 Å². The molecule has 1 fully saturated rings. The van der Waals surface area contributed by atoms with Crippen LogP contribution < -0.4 is 4.90 Å². The number of carbonyl (C=O) groups is 1. The highest BCUT2D eigenvalue weighted by Crippen LogP contribution is 2.29. The number of hydrogen-bond donors (Lipinski definition) is 1. The molecule has 0 aromatic carbocycles. The maximum Gasteiger partial charge on any atom is 0.228 e. The third kappa shape index (κ3) is 1.86. The van der Waals surface area contributed by atoms with Crippen molar-refractivity contribution in [1.82, 2.24) is 10.2 Å². The highest BCUT2D eigenvalue weighted by atomic mass is 32.1. The number of nitrogens with one attached hydrogen (secondary N) is 1. The molecule has 3 rings (SSSR count). The fraction of sp³-hybridized carbons (Fsp3) is 0.231. The van der Waals surface area contributed by atoms with Gasteiger partial charge in [-0.15, -0.1) is 17.9 Å². The minimum atomic E-state index is 0.115. The van der Waals surface area contributed by atoms with Crippen molar-refractivity contribution in [2.45, 2.75) is 6.42 Å². The fourth-order valence-corrected chi connectivity index (χ4v) is 2.81. The van der Waals surface area contributed by atoms with Gasteiger partial charge in [-0.3, -0.25) is 14.8 Å². The van der Waals surface area contributed by atoms with Gasteiger partial charge in [-0.1, -0.05) is 12.1 Å². The smallest absolute Gasteiger partial charge is 0.228 e. The van der Waals surface area contributed by atoms with Crippen LogP contribution in [0.15, 0.2) is 36.2 Å². The van der Waals surface area contributed by atoms with E-state index in [0.717, 1.165) is 10.6 Å². The summed E-state index contributed by atoms with van der Waals surface area (Å²) in [5.41, 5.74) is 0.954. The third-order valence-corrected chi connectivity index (χ3v) is 4.02. The van der Waals surface area contributed by atoms with E-state index in [1.165, 1.54) is 0 Å². The number of nitrogens with zero attached hydrogens (tertiary/aromatic N) is 2. The molecule has 3 heterocycles. The summed E-state index contributed by atoms with van der Waals surface area (Å²) in [6.45, 7) is 4.42. The summed E-state index contributed by atoms with van der Waals surface area (Å²) in [7, 11) is 0. The SMILES string of the molecule is C=CC1CC(=O)N(c2cc(-c3cccs3)[nH]n2)C1. The van der Waals surface area contributed by atoms with Crippen LogP contribution in [-0.4, -0.2) is 22.6 Å². The number of aromatic amines is 1. The first-order valence-electron chi connectivity index (χ1n) is 5.80. The molecule has 1 aliphatic rings. The van der Waals surface area contributed by atoms with Gasteiger partial charge >= 0.3 is 0 Å². The van der Waals surface area contributed by atoms with E-state index in [-0.39, 0.29) is 11.8 Å². The van der Waals surface area contributed by atoms with Crippen molar-refractivity contribution < 1.29 is 4.79 Å². The van der Waals surface area contributed by atoms with E-state index in [1.54, 1.807) is 16.2 Å². The van der Waals surface area contributed by atoms with Crippen molar-refractivity contribution in [3.05, 3.63) is 36.2 Å². The molecular formula is C13H13N3OS. The summed E-state index contributed by atoms with van der Waals surface area (Å²) in [5, 5.41) is 9.22. The van der Waals surface area contributed by atoms with Gasteiger partial charge in [0.05, 0.1) is 10.6 Å². The Morgan fingerprint density at radius 1 is 1.61 bits per heavy atom. The van der Waals surface area contributed by atoms with Crippen LogP contribution in [0.25, 0.3) is 10.6 Å². The molecule has 1 N–H and O–H groups in total. The molecule has 0 saturated carbocycles. The average molecular weight is 259 g/mol. The lowest BCUT2D eigenvalue weighted by molar-refractivity contribution is -0.117. The van der Waals surface area contributed by atoms with E-state index in [0.29, 0.717) is 18.8 Å². The van der Waals surface area contributed by atoms with Crippen molar-refractivity contribution in [3.8, 4) is 10.6 Å². The first kappa shape index (κ1) is 11.2. The molecule has 18 heavy (non-hydrogen) atoms. The second kappa shape index (κ2) is 4.42. The molecule has 0 radical (unpaired) electrons. The number of carbonyl (C=O) groups excluding carboxylic acids is 1. The van der Waals surface area contributed by atoms with Crippen molar-refractivity contribution in [2.24, 2.45) is 5.92 Å². The van der Waals surface area contributed by atoms with Gasteiger partial charge in [0.1, 0.15) is 0 Å². The molecule has 0 spiro atoms. The zero-order chi connectivity index (χ0) is 12.5. The van der Waals surface area contributed by atoms with E-state index >= 15 is 0 Å². The normalized spacial score (nSPS) is 19.4. The van der Waals surface area contributed by atoms with Gasteiger partial charge in [-0.05, 0) is 11.4 Å². The van der Waals surface area contributed by atoms with Crippen LogP contribution >= 0.6 is 11.3 Å². The molecule has 2 aromatic rings. The molecule has 5 heteroatoms. The molecule has 0 bridgehead atoms. The van der Waals surface area contributed by atoms with E-state index < -0.39 is 0 Å². The van der Waals surface area contributed by atoms with Crippen LogP contribution in [0.3, 0.4) is 0 Å². The molecule has 92 valence electrons. The summed E-state index contributed by atoms with van der Waals surface area (Å²) in [6, 6.07) is 5.95. The summed E-state index contributed by atoms with van der Waals surface area (Å²) in [5.74, 6) is 1.05. The maximum absolute atomic E-state index is 11.9. The number of amides is 1. The van der Waals surface area contributed by atoms with Crippen molar-refractivity contribution in [2.75, 3.05) is 11.4 Å². The Morgan fingerprint density at radius 3 is 3.17 bits per heavy atom. The lowest BCUT2D eigenvalue weighted by Gasteiger charge is -2.11. The quantitative estimate of drug-likeness (QED) is 0.861. The number of anilines is 1. The van der Waals surface area contributed by atoms with Gasteiger partial charge in [0, 0.05) is 24.9 Å². The van der Waals surface area contributed by atoms with Gasteiger partial charge < -0.3 is 0 Å². The molecule has 1 aliphatic heterocycles. The Labute approximate surface area is 109 Å². The number of thiophene rings is 1. The molecule has 1 saturated heterocycles. The van der Waals surface area contributed by atoms with Crippen LogP contribution in [0.1, 0.15) is 6.42 Å². The predicted octanol–water partition coefficient (Wildman–Crippen LogP) is 2.68. The Bertz CT molecular complexity index is 573. The lowest BCUT2D eigenvalue weighted by Crippen LogP contribution is -2.24. The van der Waals surface area contributed by atoms with E-state index in [9.17, 15) is 4.79 Å². The Kier molecular flexibility index (Phi) is 2.76. The summed E-state index contributed by atoms with van der Waals surface area (Å²) < 4.78 is 0. The highest BCUT2D eigenvalue weighted by Gasteiger charge is 2.30. The molecule has 1 amide bonds. The van der Waals surface area contributed by atoms with Crippen LogP contribution in [0.2, 0.25) is 0 Å². The Balaban J connectivity index is 1.86. The van der Waals surface area contributed by atoms with Crippen LogP contribution in [0.5, 0.6) is 0 Å². The van der Waals surface area contributed by atoms with Crippen LogP contribution in [0.4, 0.5) is 5.82 Å². The third-order valence-electron chi connectivity index (χ3n) is 3.12. The first-order chi connectivity index (χ1) is 8.78. The molecule has 1 atom stereocenters. The average Bonchev–Trinajstić information content (AvgIpc) is 3.08. The number of hydrogen-bond acceptors (Lipinski definition) is 3. The standard InChI is InChI=1S/C13H13N3OS/c1-2-9-6-13(17)16(8-9)12-7-10(14-15-12)11-4-3-5-18-11/h2-5,7,9H,1,6,8H2,(H,14,15). The predicted molar refractivity (Wildman–Crippen MR) is 72.6 cm³/mol. The minimum Gasteiger partial charge on any atom is -0.295 e. The lowest BCUT2D eigenvalue weighted by atomic mass is 10.1. The molecule has 1 unspecified atom stereocenters. The highest BCUT2D eigenvalue weighted by molar-refractivity contribution is 7.13. The number of aromatic nitrogens is 2. The van der Waals surface area contributed by atoms with E-state index in [4.69, 9.17) is 0 Å². The van der Waals surface area contributed by atoms with E-state index in [1.807, 2.05) is 29.7 Å². The molecule has 2 aromatic heterocycles. The van der Waals surface area contributed by atoms with Gasteiger partial charge in [0.25, 0.3) is 0 Å². The van der Waals surface area contributed by atoms with Gasteiger partial charge in [-0.25, -0.2) is 0 Å². The molecule has 4 nitrogen and oxygen atoms in total. The Morgan fingerprint density at radius 2 is 2.50 bits per heavy atom. The van der Waals surface area contributed by atoms with Crippen LogP contribution in [-0.2, 0) is 4.79 Å². The van der Waals surface area contributed by atoms with E-state index in [2.05, 4.69) is 16.8 Å². The second-order valence-corrected chi connectivity index (χ2v) is 5.27. The zero-order valence-electron chi connectivity index (χ0n) is 9.80. The Hall–Kier alpha value is -1.88. The number of rotatable bonds is 3. The largest absolute Gasteiger partial charge is 0.295 e. The van der Waals surface area contributed by atoms with Gasteiger partial charge in [0.15, 0.2) is 5.82 Å². The number of H-pyrrole nitrogens is 1. The molecular weight excluding hydrogens is 246 g/mol. The monoisotopic (exact) mass is 259 g/mol. The van der Waals surface area contributed by atoms with Crippen molar-refractivity contribution in [1.29, 1.82) is 0 Å². The topological polar surface area (TPSA) is 49.0 Å². The van der Waals surface area contributed by atoms with Crippen molar-refractivity contribution in [3.63, 3.8) is 0 Å². The first-order valence-corrected chi connectivity index (χ1v) is 6.68. The summed E-state index contributed by atoms with van der Waals surface area (Å²) in [4.78, 5) is 14.7. The fourth-order valence-electron chi connectivity index (χ4n) is 2.12. The van der Waals surface area contributed by atoms with Crippen LogP contribution in [0, 0.1) is 5.92 Å². The van der Waals surface area contributed by atoms with Gasteiger partial charge in [0.2, 0.25) is 5.91 Å². The second-order valence-electron chi connectivity index (χ2n) is 4.32.